The van der Waals surface area contributed by atoms with Gasteiger partial charge in [-0.25, -0.2) is 0 Å². The van der Waals surface area contributed by atoms with E-state index in [0.29, 0.717) is 22.3 Å². The molecule has 0 spiro atoms. The summed E-state index contributed by atoms with van der Waals surface area (Å²) in [4.78, 5) is 0. The summed E-state index contributed by atoms with van der Waals surface area (Å²) >= 11 is 4.70. The van der Waals surface area contributed by atoms with E-state index < -0.39 is 0 Å². The highest BCUT2D eigenvalue weighted by Crippen LogP contribution is 2.66. The molecule has 1 nitrogen and oxygen atoms in total. The molecule has 0 aromatic heterocycles. The molecule has 3 aliphatic rings. The molecule has 3 atom stereocenters. The molecular weight excluding hydrogens is 276 g/mol. The summed E-state index contributed by atoms with van der Waals surface area (Å²) in [5, 5.41) is 0. The van der Waals surface area contributed by atoms with Crippen molar-refractivity contribution >= 4 is 12.6 Å². The van der Waals surface area contributed by atoms with Crippen molar-refractivity contribution in [3.63, 3.8) is 0 Å². The minimum absolute atomic E-state index is 0.363. The summed E-state index contributed by atoms with van der Waals surface area (Å²) in [6.45, 7) is 8.41. The van der Waals surface area contributed by atoms with Gasteiger partial charge in [0.1, 0.15) is 0 Å². The SMILES string of the molecule is CC1(C)C2CCC1(C)C(OCC1(CS)CCCCCC1)C2. The van der Waals surface area contributed by atoms with Crippen molar-refractivity contribution in [2.75, 3.05) is 12.4 Å². The Labute approximate surface area is 137 Å². The Morgan fingerprint density at radius 3 is 2.14 bits per heavy atom. The summed E-state index contributed by atoms with van der Waals surface area (Å²) in [6.07, 6.45) is 12.8. The smallest absolute Gasteiger partial charge is 0.0637 e. The minimum atomic E-state index is 0.363. The zero-order valence-corrected chi connectivity index (χ0v) is 15.2. The van der Waals surface area contributed by atoms with E-state index in [2.05, 4.69) is 20.8 Å². The second kappa shape index (κ2) is 5.74. The molecule has 3 aliphatic carbocycles. The fraction of sp³-hybridized carbons (Fsp3) is 1.00. The normalized spacial score (nSPS) is 41.1. The molecule has 0 aromatic rings. The van der Waals surface area contributed by atoms with Gasteiger partial charge in [0.15, 0.2) is 0 Å². The van der Waals surface area contributed by atoms with E-state index in [0.717, 1.165) is 18.3 Å². The van der Waals surface area contributed by atoms with Crippen LogP contribution < -0.4 is 0 Å². The monoisotopic (exact) mass is 310 g/mol. The van der Waals surface area contributed by atoms with E-state index in [1.54, 1.807) is 0 Å². The molecule has 3 saturated carbocycles. The number of ether oxygens (including phenoxy) is 1. The number of fused-ring (bicyclic) bond motifs is 2. The Morgan fingerprint density at radius 2 is 1.67 bits per heavy atom. The van der Waals surface area contributed by atoms with Crippen LogP contribution in [0.3, 0.4) is 0 Å². The van der Waals surface area contributed by atoms with Crippen LogP contribution in [-0.4, -0.2) is 18.5 Å². The maximum atomic E-state index is 6.62. The predicted molar refractivity (Wildman–Crippen MR) is 93.0 cm³/mol. The Hall–Kier alpha value is 0.310. The zero-order chi connectivity index (χ0) is 15.1. The molecule has 3 rings (SSSR count). The lowest BCUT2D eigenvalue weighted by molar-refractivity contribution is -0.0771. The van der Waals surface area contributed by atoms with Crippen LogP contribution >= 0.6 is 12.6 Å². The van der Waals surface area contributed by atoms with Gasteiger partial charge in [0.05, 0.1) is 12.7 Å². The summed E-state index contributed by atoms with van der Waals surface area (Å²) < 4.78 is 6.62. The molecule has 21 heavy (non-hydrogen) atoms. The van der Waals surface area contributed by atoms with Crippen molar-refractivity contribution in [3.05, 3.63) is 0 Å². The molecule has 3 fully saturated rings. The average molecular weight is 311 g/mol. The molecule has 0 saturated heterocycles. The zero-order valence-electron chi connectivity index (χ0n) is 14.3. The van der Waals surface area contributed by atoms with Gasteiger partial charge in [0, 0.05) is 5.41 Å². The van der Waals surface area contributed by atoms with Gasteiger partial charge >= 0.3 is 0 Å². The third kappa shape index (κ3) is 2.59. The molecule has 3 unspecified atom stereocenters. The maximum absolute atomic E-state index is 6.62. The van der Waals surface area contributed by atoms with E-state index in [1.807, 2.05) is 0 Å². The van der Waals surface area contributed by atoms with Crippen molar-refractivity contribution in [2.24, 2.45) is 22.2 Å². The van der Waals surface area contributed by atoms with Gasteiger partial charge in [-0.3, -0.25) is 0 Å². The van der Waals surface area contributed by atoms with Crippen molar-refractivity contribution in [3.8, 4) is 0 Å². The Balaban J connectivity index is 1.65. The first-order valence-electron chi connectivity index (χ1n) is 9.16. The summed E-state index contributed by atoms with van der Waals surface area (Å²) in [7, 11) is 0. The topological polar surface area (TPSA) is 9.23 Å². The van der Waals surface area contributed by atoms with E-state index in [4.69, 9.17) is 17.4 Å². The van der Waals surface area contributed by atoms with Gasteiger partial charge in [0.2, 0.25) is 0 Å². The lowest BCUT2D eigenvalue weighted by Crippen LogP contribution is -2.40. The predicted octanol–water partition coefficient (Wildman–Crippen LogP) is 5.49. The fourth-order valence-corrected chi connectivity index (χ4v) is 5.89. The lowest BCUT2D eigenvalue weighted by atomic mass is 9.70. The van der Waals surface area contributed by atoms with Crippen LogP contribution in [0.5, 0.6) is 0 Å². The second-order valence-corrected chi connectivity index (χ2v) is 9.30. The Morgan fingerprint density at radius 1 is 1.00 bits per heavy atom. The number of rotatable bonds is 4. The molecular formula is C19H34OS. The van der Waals surface area contributed by atoms with Crippen molar-refractivity contribution in [2.45, 2.75) is 84.7 Å². The molecule has 0 N–H and O–H groups in total. The van der Waals surface area contributed by atoms with Gasteiger partial charge in [-0.2, -0.15) is 12.6 Å². The minimum Gasteiger partial charge on any atom is -0.377 e. The largest absolute Gasteiger partial charge is 0.377 e. The highest BCUT2D eigenvalue weighted by atomic mass is 32.1. The molecule has 2 heteroatoms. The molecule has 2 bridgehead atoms. The first-order chi connectivity index (χ1) is 9.94. The fourth-order valence-electron chi connectivity index (χ4n) is 5.49. The third-order valence-electron chi connectivity index (χ3n) is 7.80. The lowest BCUT2D eigenvalue weighted by Gasteiger charge is -2.41. The van der Waals surface area contributed by atoms with Crippen LogP contribution in [-0.2, 0) is 4.74 Å². The van der Waals surface area contributed by atoms with Crippen molar-refractivity contribution in [1.29, 1.82) is 0 Å². The molecule has 0 radical (unpaired) electrons. The van der Waals surface area contributed by atoms with E-state index in [-0.39, 0.29) is 0 Å². The van der Waals surface area contributed by atoms with E-state index in [9.17, 15) is 0 Å². The number of hydrogen-bond acceptors (Lipinski definition) is 2. The van der Waals surface area contributed by atoms with E-state index >= 15 is 0 Å². The second-order valence-electron chi connectivity index (χ2n) is 8.98. The van der Waals surface area contributed by atoms with Crippen LogP contribution in [0.4, 0.5) is 0 Å². The Kier molecular flexibility index (Phi) is 4.43. The molecule has 122 valence electrons. The molecule has 0 heterocycles. The summed E-state index contributed by atoms with van der Waals surface area (Å²) in [5.41, 5.74) is 1.23. The standard InChI is InChI=1S/C19H34OS/c1-17(2)15-8-11-18(17,3)16(12-15)20-13-19(14-21)9-6-4-5-7-10-19/h15-16,21H,4-14H2,1-3H3. The highest BCUT2D eigenvalue weighted by Gasteiger charge is 2.62. The van der Waals surface area contributed by atoms with Gasteiger partial charge in [-0.1, -0.05) is 46.5 Å². The van der Waals surface area contributed by atoms with Crippen LogP contribution in [0.2, 0.25) is 0 Å². The highest BCUT2D eigenvalue weighted by molar-refractivity contribution is 7.80. The number of hydrogen-bond donors (Lipinski definition) is 1. The Bertz CT molecular complexity index is 370. The van der Waals surface area contributed by atoms with Gasteiger partial charge < -0.3 is 4.74 Å². The van der Waals surface area contributed by atoms with Crippen molar-refractivity contribution < 1.29 is 4.74 Å². The van der Waals surface area contributed by atoms with Gasteiger partial charge in [-0.05, 0) is 54.6 Å². The molecule has 0 aromatic carbocycles. The summed E-state index contributed by atoms with van der Waals surface area (Å²) in [6, 6.07) is 0. The van der Waals surface area contributed by atoms with Gasteiger partial charge in [0.25, 0.3) is 0 Å². The van der Waals surface area contributed by atoms with Crippen LogP contribution in [0.1, 0.15) is 78.6 Å². The first kappa shape index (κ1) is 16.2. The van der Waals surface area contributed by atoms with Crippen molar-refractivity contribution in [1.82, 2.24) is 0 Å². The van der Waals surface area contributed by atoms with Gasteiger partial charge in [-0.15, -0.1) is 0 Å². The maximum Gasteiger partial charge on any atom is 0.0637 e. The molecule has 0 amide bonds. The third-order valence-corrected chi connectivity index (χ3v) is 8.48. The molecule has 0 aliphatic heterocycles. The average Bonchev–Trinajstić information content (AvgIpc) is 2.74. The van der Waals surface area contributed by atoms with E-state index in [1.165, 1.54) is 57.8 Å². The van der Waals surface area contributed by atoms with Crippen LogP contribution in [0.15, 0.2) is 0 Å². The van der Waals surface area contributed by atoms with Crippen LogP contribution in [0.25, 0.3) is 0 Å². The van der Waals surface area contributed by atoms with Crippen LogP contribution in [0, 0.1) is 22.2 Å². The first-order valence-corrected chi connectivity index (χ1v) is 9.79. The number of thiol groups is 1. The quantitative estimate of drug-likeness (QED) is 0.534. The summed E-state index contributed by atoms with van der Waals surface area (Å²) in [5.74, 6) is 1.89.